The molecule has 0 aliphatic heterocycles. The van der Waals surface area contributed by atoms with E-state index in [0.717, 1.165) is 0 Å². The van der Waals surface area contributed by atoms with Crippen LogP contribution in [0.5, 0.6) is 0 Å². The van der Waals surface area contributed by atoms with Crippen molar-refractivity contribution in [1.82, 2.24) is 0 Å². The highest BCUT2D eigenvalue weighted by molar-refractivity contribution is 7.59. The van der Waals surface area contributed by atoms with Crippen molar-refractivity contribution >= 4 is 10.6 Å². The first-order valence-electron chi connectivity index (χ1n) is 7.11. The van der Waals surface area contributed by atoms with E-state index in [0.29, 0.717) is 0 Å². The molecule has 11 nitrogen and oxygen atoms in total. The van der Waals surface area contributed by atoms with Gasteiger partial charge in [-0.05, 0) is 18.8 Å². The molecule has 7 N–H and O–H groups in total. The minimum atomic E-state index is -3.11. The normalized spacial score (nSPS) is 31.5. The van der Waals surface area contributed by atoms with Crippen LogP contribution in [0.15, 0.2) is 0 Å². The van der Waals surface area contributed by atoms with E-state index in [-0.39, 0.29) is 19.4 Å². The van der Waals surface area contributed by atoms with E-state index in [9.17, 15) is 25.5 Å². The van der Waals surface area contributed by atoms with E-state index in [1.54, 1.807) is 0 Å². The zero-order chi connectivity index (χ0) is 19.0. The maximum Gasteiger partial charge on any atom is 0.425 e. The highest BCUT2D eigenvalue weighted by Gasteiger charge is 2.42. The Morgan fingerprint density at radius 3 is 1.96 bits per heavy atom. The lowest BCUT2D eigenvalue weighted by molar-refractivity contribution is -0.460. The van der Waals surface area contributed by atoms with E-state index >= 15 is 0 Å². The molecule has 0 heterocycles. The number of rotatable bonds is 7. The Labute approximate surface area is 139 Å². The summed E-state index contributed by atoms with van der Waals surface area (Å²) >= 11 is 0. The van der Waals surface area contributed by atoms with Crippen LogP contribution in [0.1, 0.15) is 12.8 Å². The topological polar surface area (TPSA) is 216 Å². The van der Waals surface area contributed by atoms with Crippen LogP contribution in [0.4, 0.5) is 0 Å². The monoisotopic (exact) mass is 375 g/mol. The second kappa shape index (κ2) is 11.0. The van der Waals surface area contributed by atoms with Gasteiger partial charge in [-0.2, -0.15) is 0 Å². The van der Waals surface area contributed by atoms with Crippen LogP contribution in [0.3, 0.4) is 0 Å². The molecule has 1 fully saturated rings. The molecule has 8 atom stereocenters. The van der Waals surface area contributed by atoms with E-state index in [4.69, 9.17) is 27.9 Å². The molecule has 0 aromatic rings. The molecule has 24 heavy (non-hydrogen) atoms. The molecule has 12 heteroatoms. The molecule has 0 aromatic carbocycles. The first-order chi connectivity index (χ1) is 11.1. The maximum absolute atomic E-state index is 11.7. The fourth-order valence-corrected chi connectivity index (χ4v) is 2.72. The van der Waals surface area contributed by atoms with Crippen molar-refractivity contribution in [2.45, 2.75) is 49.5 Å². The van der Waals surface area contributed by atoms with Crippen molar-refractivity contribution in [3.8, 4) is 0 Å². The third-order valence-electron chi connectivity index (χ3n) is 4.03. The molecule has 0 unspecified atom stereocenters. The van der Waals surface area contributed by atoms with Gasteiger partial charge < -0.3 is 40.9 Å². The Morgan fingerprint density at radius 1 is 1.04 bits per heavy atom. The summed E-state index contributed by atoms with van der Waals surface area (Å²) in [6.07, 6.45) is -9.04. The average Bonchev–Trinajstić information content (AvgIpc) is 2.78. The molecule has 0 spiro atoms. The second-order valence-corrected chi connectivity index (χ2v) is 6.02. The molecule has 1 rings (SSSR count). The number of hydrogen-bond acceptors (Lipinski definition) is 11. The predicted molar refractivity (Wildman–Crippen MR) is 73.9 cm³/mol. The summed E-state index contributed by atoms with van der Waals surface area (Å²) in [6.45, 7) is -1.19. The minimum absolute atomic E-state index is 0.122. The maximum atomic E-state index is 11.7. The number of aliphatic hydroxyl groups is 7. The van der Waals surface area contributed by atoms with Gasteiger partial charge in [-0.1, -0.05) is 6.10 Å². The fourth-order valence-electron chi connectivity index (χ4n) is 2.72. The highest BCUT2D eigenvalue weighted by Crippen LogP contribution is 2.35. The summed E-state index contributed by atoms with van der Waals surface area (Å²) in [7, 11) is -3.11. The van der Waals surface area contributed by atoms with E-state index in [1.165, 1.54) is 0 Å². The predicted octanol–water partition coefficient (Wildman–Crippen LogP) is -5.47. The van der Waals surface area contributed by atoms with Crippen LogP contribution >= 0.6 is 0 Å². The summed E-state index contributed by atoms with van der Waals surface area (Å²) < 4.78 is 25.3. The Morgan fingerprint density at radius 2 is 1.54 bits per heavy atom. The summed E-state index contributed by atoms with van der Waals surface area (Å²) in [4.78, 5) is 0. The Bertz CT molecular complexity index is 448. The van der Waals surface area contributed by atoms with Gasteiger partial charge in [0.05, 0.1) is 24.9 Å². The number of aliphatic hydroxyl groups excluding tert-OH is 7. The molecule has 1 aliphatic carbocycles. The fraction of sp³-hybridized carbons (Fsp3) is 1.00. The summed E-state index contributed by atoms with van der Waals surface area (Å²) in [5.41, 5.74) is 0. The summed E-state index contributed by atoms with van der Waals surface area (Å²) in [5.74, 6) is -1.11. The smallest absolute Gasteiger partial charge is 0.425 e. The highest BCUT2D eigenvalue weighted by atomic mass is 32.2. The molecular weight excluding hydrogens is 352 g/mol. The Balaban J connectivity index is 0.00000118. The van der Waals surface area contributed by atoms with Crippen LogP contribution in [-0.2, 0) is 10.6 Å². The lowest BCUT2D eigenvalue weighted by atomic mass is 9.87. The summed E-state index contributed by atoms with van der Waals surface area (Å²) in [5, 5.41) is 77.0. The molecule has 144 valence electrons. The lowest BCUT2D eigenvalue weighted by Gasteiger charge is -2.36. The molecule has 0 bridgehead atoms. The van der Waals surface area contributed by atoms with Crippen LogP contribution < -0.4 is 5.11 Å². The van der Waals surface area contributed by atoms with Crippen molar-refractivity contribution < 1.29 is 53.5 Å². The van der Waals surface area contributed by atoms with E-state index < -0.39 is 65.7 Å². The molecule has 1 aliphatic rings. The van der Waals surface area contributed by atoms with Gasteiger partial charge in [0.15, 0.2) is 0 Å². The molecule has 0 saturated heterocycles. The third kappa shape index (κ3) is 7.04. The first-order valence-corrected chi connectivity index (χ1v) is 8.11. The zero-order valence-electron chi connectivity index (χ0n) is 12.6. The number of hydrogen-bond donors (Lipinski definition) is 7. The largest absolute Gasteiger partial charge is 0.848 e. The Kier molecular flexibility index (Phi) is 10.7. The third-order valence-corrected chi connectivity index (χ3v) is 4.03. The van der Waals surface area contributed by atoms with Gasteiger partial charge in [0, 0.05) is 18.6 Å². The van der Waals surface area contributed by atoms with Crippen LogP contribution in [0.2, 0.25) is 0 Å². The van der Waals surface area contributed by atoms with Gasteiger partial charge >= 0.3 is 10.6 Å². The van der Waals surface area contributed by atoms with Crippen molar-refractivity contribution in [3.05, 3.63) is 0 Å². The van der Waals surface area contributed by atoms with Gasteiger partial charge in [-0.25, -0.2) is 0 Å². The summed E-state index contributed by atoms with van der Waals surface area (Å²) in [6, 6.07) is 0. The molecule has 0 amide bonds. The van der Waals surface area contributed by atoms with Crippen molar-refractivity contribution in [2.75, 3.05) is 13.2 Å². The van der Waals surface area contributed by atoms with Gasteiger partial charge in [0.1, 0.15) is 6.10 Å². The van der Waals surface area contributed by atoms with Crippen LogP contribution in [0.25, 0.3) is 0 Å². The quantitative estimate of drug-likeness (QED) is 0.223. The van der Waals surface area contributed by atoms with Gasteiger partial charge in [0.25, 0.3) is 0 Å². The average molecular weight is 375 g/mol. The molecular formula is C12H23O11S-. The zero-order valence-corrected chi connectivity index (χ0v) is 13.4. The molecule has 0 aromatic heterocycles. The van der Waals surface area contributed by atoms with Gasteiger partial charge in [-0.15, -0.1) is 12.6 Å². The van der Waals surface area contributed by atoms with Gasteiger partial charge in [0.2, 0.25) is 0 Å². The van der Waals surface area contributed by atoms with Crippen molar-refractivity contribution in [3.63, 3.8) is 0 Å². The second-order valence-electron chi connectivity index (χ2n) is 5.61. The lowest BCUT2D eigenvalue weighted by Crippen LogP contribution is -2.54. The minimum Gasteiger partial charge on any atom is -0.848 e. The van der Waals surface area contributed by atoms with Crippen LogP contribution in [0, 0.1) is 11.8 Å². The molecule has 1 saturated carbocycles. The van der Waals surface area contributed by atoms with Crippen molar-refractivity contribution in [1.29, 1.82) is 0 Å². The molecule has 0 radical (unpaired) electrons. The van der Waals surface area contributed by atoms with Crippen LogP contribution in [-0.4, -0.2) is 98.2 Å². The van der Waals surface area contributed by atoms with E-state index in [2.05, 4.69) is 0 Å². The standard InChI is InChI=1S/C12H23O8.O3S/c13-3-6-5(1-7(15)10(6)18)2-8(16)11(19)12(20)9(17)4-14;1-4(2)3/h5-18,20H,1-4H2;/q-1;/t5-,6-,7+,8+,9-,10+,11-,12+;/m0./s1. The Hall–Kier alpha value is -0.700. The van der Waals surface area contributed by atoms with Gasteiger partial charge in [-0.3, -0.25) is 0 Å². The van der Waals surface area contributed by atoms with Crippen molar-refractivity contribution in [2.24, 2.45) is 11.8 Å². The SMILES string of the molecule is O=S(=O)=O.[O-][C@H]([C@H](O)[C@@H](O)CO)[C@H](O)C[C@@H]1C[C@@H](O)[C@H](O)[C@H]1CO. The first kappa shape index (κ1) is 23.3. The van der Waals surface area contributed by atoms with E-state index in [1.807, 2.05) is 0 Å².